The number of nitro benzene ring substituents is 1. The Balaban J connectivity index is 1.92. The lowest BCUT2D eigenvalue weighted by molar-refractivity contribution is -0.384. The Labute approximate surface area is 157 Å². The first-order valence-corrected chi connectivity index (χ1v) is 8.66. The molecule has 9 heteroatoms. The summed E-state index contributed by atoms with van der Waals surface area (Å²) in [6.45, 7) is 2.35. The molecule has 2 aromatic rings. The number of nitro groups is 1. The van der Waals surface area contributed by atoms with Gasteiger partial charge in [-0.3, -0.25) is 14.9 Å². The van der Waals surface area contributed by atoms with Crippen LogP contribution in [0.1, 0.15) is 10.4 Å². The topological polar surface area (TPSA) is 97.6 Å². The molecular weight excluding hydrogens is 439 g/mol. The van der Waals surface area contributed by atoms with E-state index in [1.165, 1.54) is 12.1 Å². The summed E-state index contributed by atoms with van der Waals surface area (Å²) < 4.78 is 6.27. The van der Waals surface area contributed by atoms with Crippen LogP contribution in [0, 0.1) is 13.7 Å². The standard InChI is InChI=1S/C16H15IN4O4/c17-11-1-4-15(18-10-11)19-16(22)13-9-12(21(23)24)2-3-14(13)20-5-7-25-8-6-20/h1-4,9-10H,5-8H2,(H,18,19,22). The molecule has 1 aliphatic heterocycles. The average molecular weight is 454 g/mol. The lowest BCUT2D eigenvalue weighted by Crippen LogP contribution is -2.37. The van der Waals surface area contributed by atoms with Crippen molar-refractivity contribution in [2.45, 2.75) is 0 Å². The maximum Gasteiger partial charge on any atom is 0.270 e. The molecule has 1 fully saturated rings. The van der Waals surface area contributed by atoms with Crippen molar-refractivity contribution in [3.63, 3.8) is 0 Å². The highest BCUT2D eigenvalue weighted by Crippen LogP contribution is 2.27. The maximum atomic E-state index is 12.7. The lowest BCUT2D eigenvalue weighted by Gasteiger charge is -2.30. The van der Waals surface area contributed by atoms with Gasteiger partial charge in [0.05, 0.1) is 29.4 Å². The maximum absolute atomic E-state index is 12.7. The molecule has 1 aromatic carbocycles. The van der Waals surface area contributed by atoms with Crippen molar-refractivity contribution >= 4 is 45.7 Å². The number of nitrogens with one attached hydrogen (secondary N) is 1. The van der Waals surface area contributed by atoms with Gasteiger partial charge in [0, 0.05) is 35.0 Å². The van der Waals surface area contributed by atoms with E-state index in [2.05, 4.69) is 32.9 Å². The van der Waals surface area contributed by atoms with E-state index in [-0.39, 0.29) is 11.3 Å². The molecule has 0 radical (unpaired) electrons. The molecule has 1 amide bonds. The second-order valence-electron chi connectivity index (χ2n) is 5.37. The summed E-state index contributed by atoms with van der Waals surface area (Å²) in [5, 5.41) is 13.8. The fraction of sp³-hybridized carbons (Fsp3) is 0.250. The summed E-state index contributed by atoms with van der Waals surface area (Å²) in [6.07, 6.45) is 1.63. The summed E-state index contributed by atoms with van der Waals surface area (Å²) in [4.78, 5) is 29.4. The van der Waals surface area contributed by atoms with Crippen LogP contribution in [0.25, 0.3) is 0 Å². The molecule has 2 heterocycles. The molecular formula is C16H15IN4O4. The minimum Gasteiger partial charge on any atom is -0.378 e. The Morgan fingerprint density at radius 1 is 1.28 bits per heavy atom. The summed E-state index contributed by atoms with van der Waals surface area (Å²) in [5.41, 5.74) is 0.770. The first-order chi connectivity index (χ1) is 12.0. The highest BCUT2D eigenvalue weighted by Gasteiger charge is 2.22. The summed E-state index contributed by atoms with van der Waals surface area (Å²) in [7, 11) is 0. The fourth-order valence-corrected chi connectivity index (χ4v) is 2.85. The van der Waals surface area contributed by atoms with Crippen LogP contribution in [0.15, 0.2) is 36.5 Å². The van der Waals surface area contributed by atoms with Crippen LogP contribution in [0.3, 0.4) is 0 Å². The fourth-order valence-electron chi connectivity index (χ4n) is 2.53. The van der Waals surface area contributed by atoms with Crippen molar-refractivity contribution in [3.05, 3.63) is 55.8 Å². The van der Waals surface area contributed by atoms with Crippen molar-refractivity contribution < 1.29 is 14.5 Å². The number of benzene rings is 1. The number of hydrogen-bond donors (Lipinski definition) is 1. The van der Waals surface area contributed by atoms with Crippen LogP contribution >= 0.6 is 22.6 Å². The van der Waals surface area contributed by atoms with Gasteiger partial charge in [-0.2, -0.15) is 0 Å². The third-order valence-electron chi connectivity index (χ3n) is 3.76. The molecule has 0 bridgehead atoms. The number of ether oxygens (including phenoxy) is 1. The molecule has 0 aliphatic carbocycles. The number of nitrogens with zero attached hydrogens (tertiary/aromatic N) is 3. The van der Waals surface area contributed by atoms with Crippen LogP contribution in [0.2, 0.25) is 0 Å². The summed E-state index contributed by atoms with van der Waals surface area (Å²) in [5.74, 6) is -0.0382. The number of carbonyl (C=O) groups excluding carboxylic acids is 1. The van der Waals surface area contributed by atoms with Crippen LogP contribution in [0.5, 0.6) is 0 Å². The molecule has 1 saturated heterocycles. The highest BCUT2D eigenvalue weighted by molar-refractivity contribution is 14.1. The van der Waals surface area contributed by atoms with E-state index in [0.29, 0.717) is 37.8 Å². The molecule has 130 valence electrons. The minimum absolute atomic E-state index is 0.127. The number of halogens is 1. The number of aromatic nitrogens is 1. The van der Waals surface area contributed by atoms with E-state index in [1.807, 2.05) is 11.0 Å². The molecule has 0 saturated carbocycles. The molecule has 8 nitrogen and oxygen atoms in total. The molecule has 1 aliphatic rings. The number of pyridine rings is 1. The number of hydrogen-bond acceptors (Lipinski definition) is 6. The van der Waals surface area contributed by atoms with E-state index < -0.39 is 10.8 Å². The SMILES string of the molecule is O=C(Nc1ccc(I)cn1)c1cc([N+](=O)[O-])ccc1N1CCOCC1. The number of amides is 1. The van der Waals surface area contributed by atoms with Gasteiger partial charge in [-0.05, 0) is 40.8 Å². The zero-order valence-corrected chi connectivity index (χ0v) is 15.3. The zero-order chi connectivity index (χ0) is 17.8. The second kappa shape index (κ2) is 7.74. The number of non-ortho nitro benzene ring substituents is 1. The van der Waals surface area contributed by atoms with E-state index in [4.69, 9.17) is 4.74 Å². The van der Waals surface area contributed by atoms with Crippen LogP contribution < -0.4 is 10.2 Å². The third kappa shape index (κ3) is 4.23. The summed E-state index contributed by atoms with van der Waals surface area (Å²) >= 11 is 2.12. The zero-order valence-electron chi connectivity index (χ0n) is 13.1. The van der Waals surface area contributed by atoms with Crippen LogP contribution in [0.4, 0.5) is 17.2 Å². The van der Waals surface area contributed by atoms with E-state index in [0.717, 1.165) is 3.57 Å². The molecule has 0 unspecified atom stereocenters. The van der Waals surface area contributed by atoms with Crippen molar-refractivity contribution in [1.82, 2.24) is 4.98 Å². The van der Waals surface area contributed by atoms with Gasteiger partial charge in [0.1, 0.15) is 5.82 Å². The molecule has 0 atom stereocenters. The van der Waals surface area contributed by atoms with Gasteiger partial charge in [-0.25, -0.2) is 4.98 Å². The Morgan fingerprint density at radius 3 is 2.68 bits per heavy atom. The molecule has 1 aromatic heterocycles. The Kier molecular flexibility index (Phi) is 5.43. The molecule has 0 spiro atoms. The van der Waals surface area contributed by atoms with Crippen LogP contribution in [-0.2, 0) is 4.74 Å². The molecule has 3 rings (SSSR count). The minimum atomic E-state index is -0.511. The monoisotopic (exact) mass is 454 g/mol. The normalized spacial score (nSPS) is 14.2. The largest absolute Gasteiger partial charge is 0.378 e. The smallest absolute Gasteiger partial charge is 0.270 e. The van der Waals surface area contributed by atoms with Gasteiger partial charge >= 0.3 is 0 Å². The number of carbonyl (C=O) groups is 1. The summed E-state index contributed by atoms with van der Waals surface area (Å²) in [6, 6.07) is 7.82. The van der Waals surface area contributed by atoms with Crippen LogP contribution in [-0.4, -0.2) is 42.1 Å². The number of anilines is 2. The average Bonchev–Trinajstić information content (AvgIpc) is 2.63. The third-order valence-corrected chi connectivity index (χ3v) is 4.39. The highest BCUT2D eigenvalue weighted by atomic mass is 127. The van der Waals surface area contributed by atoms with Crippen molar-refractivity contribution in [3.8, 4) is 0 Å². The van der Waals surface area contributed by atoms with Gasteiger partial charge < -0.3 is 15.0 Å². The quantitative estimate of drug-likeness (QED) is 0.434. The first-order valence-electron chi connectivity index (χ1n) is 7.58. The first kappa shape index (κ1) is 17.5. The molecule has 25 heavy (non-hydrogen) atoms. The Morgan fingerprint density at radius 2 is 2.04 bits per heavy atom. The van der Waals surface area contributed by atoms with Crippen molar-refractivity contribution in [2.24, 2.45) is 0 Å². The van der Waals surface area contributed by atoms with E-state index in [1.54, 1.807) is 18.3 Å². The van der Waals surface area contributed by atoms with E-state index in [9.17, 15) is 14.9 Å². The molecule has 1 N–H and O–H groups in total. The Hall–Kier alpha value is -2.27. The van der Waals surface area contributed by atoms with E-state index >= 15 is 0 Å². The number of rotatable bonds is 4. The predicted octanol–water partition coefficient (Wildman–Crippen LogP) is 2.68. The van der Waals surface area contributed by atoms with Gasteiger partial charge in [-0.15, -0.1) is 0 Å². The second-order valence-corrected chi connectivity index (χ2v) is 6.62. The van der Waals surface area contributed by atoms with Gasteiger partial charge in [0.25, 0.3) is 11.6 Å². The van der Waals surface area contributed by atoms with Crippen molar-refractivity contribution in [2.75, 3.05) is 36.5 Å². The number of morpholine rings is 1. The predicted molar refractivity (Wildman–Crippen MR) is 101 cm³/mol. The van der Waals surface area contributed by atoms with Gasteiger partial charge in [-0.1, -0.05) is 0 Å². The van der Waals surface area contributed by atoms with Crippen molar-refractivity contribution in [1.29, 1.82) is 0 Å². The van der Waals surface area contributed by atoms with Gasteiger partial charge in [0.15, 0.2) is 0 Å². The Bertz CT molecular complexity index is 791. The lowest BCUT2D eigenvalue weighted by atomic mass is 10.1. The van der Waals surface area contributed by atoms with Gasteiger partial charge in [0.2, 0.25) is 0 Å².